The van der Waals surface area contributed by atoms with E-state index in [1.807, 2.05) is 0 Å². The quantitative estimate of drug-likeness (QED) is 0.536. The van der Waals surface area contributed by atoms with E-state index in [-0.39, 0.29) is 17.5 Å². The van der Waals surface area contributed by atoms with Gasteiger partial charge in [-0.1, -0.05) is 12.2 Å². The predicted molar refractivity (Wildman–Crippen MR) is 37.5 cm³/mol. The van der Waals surface area contributed by atoms with Crippen molar-refractivity contribution in [3.05, 3.63) is 24.3 Å². The lowest BCUT2D eigenvalue weighted by Gasteiger charge is -2.03. The molecule has 0 saturated carbocycles. The molecule has 1 rings (SSSR count). The fourth-order valence-corrected chi connectivity index (χ4v) is 0.788. The third-order valence-electron chi connectivity index (χ3n) is 1.41. The van der Waals surface area contributed by atoms with Crippen LogP contribution in [0.5, 0.6) is 0 Å². The number of allylic oxidation sites excluding steroid dienone is 4. The predicted octanol–water partition coefficient (Wildman–Crippen LogP) is 0.887. The Bertz CT molecular complexity index is 207. The molecular formula is C8H8O2. The van der Waals surface area contributed by atoms with Crippen LogP contribution in [-0.2, 0) is 9.59 Å². The Balaban J connectivity index is 2.71. The molecule has 2 heteroatoms. The van der Waals surface area contributed by atoms with E-state index < -0.39 is 0 Å². The first kappa shape index (κ1) is 6.93. The Kier molecular flexibility index (Phi) is 1.81. The summed E-state index contributed by atoms with van der Waals surface area (Å²) < 4.78 is 0. The first-order valence-corrected chi connectivity index (χ1v) is 3.11. The molecule has 0 unspecified atom stereocenters. The van der Waals surface area contributed by atoms with Crippen LogP contribution < -0.4 is 0 Å². The Labute approximate surface area is 59.2 Å². The highest BCUT2D eigenvalue weighted by atomic mass is 16.1. The molecule has 0 amide bonds. The average Bonchev–Trinajstić information content (AvgIpc) is 1.88. The standard InChI is InChI=1S/C8H8O2/c1-6(9)7-2-4-8(10)5-3-7/h2-5,7H,1H3. The molecule has 0 N–H and O–H groups in total. The van der Waals surface area contributed by atoms with Crippen molar-refractivity contribution in [2.75, 3.05) is 0 Å². The molecule has 0 bridgehead atoms. The van der Waals surface area contributed by atoms with Gasteiger partial charge < -0.3 is 0 Å². The molecule has 2 nitrogen and oxygen atoms in total. The van der Waals surface area contributed by atoms with E-state index in [1.165, 1.54) is 19.1 Å². The van der Waals surface area contributed by atoms with Gasteiger partial charge in [0.25, 0.3) is 0 Å². The van der Waals surface area contributed by atoms with E-state index in [0.717, 1.165) is 0 Å². The zero-order valence-electron chi connectivity index (χ0n) is 5.70. The van der Waals surface area contributed by atoms with E-state index in [4.69, 9.17) is 0 Å². The van der Waals surface area contributed by atoms with Crippen molar-refractivity contribution in [2.24, 2.45) is 5.92 Å². The smallest absolute Gasteiger partial charge is 0.178 e. The Morgan fingerprint density at radius 2 is 1.90 bits per heavy atom. The highest BCUT2D eigenvalue weighted by Crippen LogP contribution is 2.07. The van der Waals surface area contributed by atoms with Gasteiger partial charge in [-0.3, -0.25) is 9.59 Å². The molecule has 0 atom stereocenters. The molecule has 52 valence electrons. The van der Waals surface area contributed by atoms with Gasteiger partial charge in [0.2, 0.25) is 0 Å². The molecule has 1 aliphatic rings. The first-order chi connectivity index (χ1) is 4.70. The summed E-state index contributed by atoms with van der Waals surface area (Å²) in [6.07, 6.45) is 6.08. The van der Waals surface area contributed by atoms with Gasteiger partial charge in [-0.25, -0.2) is 0 Å². The van der Waals surface area contributed by atoms with E-state index in [0.29, 0.717) is 0 Å². The van der Waals surface area contributed by atoms with Crippen LogP contribution in [0.3, 0.4) is 0 Å². The van der Waals surface area contributed by atoms with Crippen LogP contribution in [0.2, 0.25) is 0 Å². The summed E-state index contributed by atoms with van der Waals surface area (Å²) in [5.74, 6) is -0.157. The van der Waals surface area contributed by atoms with E-state index >= 15 is 0 Å². The van der Waals surface area contributed by atoms with Crippen molar-refractivity contribution < 1.29 is 9.59 Å². The third-order valence-corrected chi connectivity index (χ3v) is 1.41. The maximum absolute atomic E-state index is 10.7. The lowest BCUT2D eigenvalue weighted by atomic mass is 9.99. The van der Waals surface area contributed by atoms with Crippen molar-refractivity contribution >= 4 is 11.6 Å². The van der Waals surface area contributed by atoms with Gasteiger partial charge in [-0.05, 0) is 19.1 Å². The summed E-state index contributed by atoms with van der Waals surface area (Å²) in [6, 6.07) is 0. The minimum absolute atomic E-state index is 0.0440. The van der Waals surface area contributed by atoms with E-state index in [1.54, 1.807) is 12.2 Å². The summed E-state index contributed by atoms with van der Waals surface area (Å²) >= 11 is 0. The molecular weight excluding hydrogens is 128 g/mol. The molecule has 0 saturated heterocycles. The fraction of sp³-hybridized carbons (Fsp3) is 0.250. The van der Waals surface area contributed by atoms with Gasteiger partial charge in [0.1, 0.15) is 5.78 Å². The maximum atomic E-state index is 10.7. The zero-order chi connectivity index (χ0) is 7.56. The topological polar surface area (TPSA) is 34.1 Å². The molecule has 0 aliphatic heterocycles. The van der Waals surface area contributed by atoms with Crippen LogP contribution in [0, 0.1) is 5.92 Å². The number of carbonyl (C=O) groups excluding carboxylic acids is 2. The van der Waals surface area contributed by atoms with Crippen LogP contribution in [0.1, 0.15) is 6.92 Å². The molecule has 0 aromatic rings. The number of rotatable bonds is 1. The lowest BCUT2D eigenvalue weighted by molar-refractivity contribution is -0.118. The molecule has 0 radical (unpaired) electrons. The number of hydrogen-bond acceptors (Lipinski definition) is 2. The molecule has 0 fully saturated rings. The molecule has 0 spiro atoms. The third kappa shape index (κ3) is 1.41. The largest absolute Gasteiger partial charge is 0.299 e. The summed E-state index contributed by atoms with van der Waals surface area (Å²) in [5.41, 5.74) is 0. The summed E-state index contributed by atoms with van der Waals surface area (Å²) in [4.78, 5) is 21.2. The van der Waals surface area contributed by atoms with Crippen LogP contribution in [0.4, 0.5) is 0 Å². The number of hydrogen-bond donors (Lipinski definition) is 0. The van der Waals surface area contributed by atoms with Crippen molar-refractivity contribution in [1.29, 1.82) is 0 Å². The number of ketones is 2. The summed E-state index contributed by atoms with van der Waals surface area (Å²) in [6.45, 7) is 1.51. The van der Waals surface area contributed by atoms with Gasteiger partial charge in [0.15, 0.2) is 5.78 Å². The molecule has 0 aromatic carbocycles. The Morgan fingerprint density at radius 1 is 1.40 bits per heavy atom. The molecule has 0 aromatic heterocycles. The second-order valence-corrected chi connectivity index (χ2v) is 2.26. The summed E-state index contributed by atoms with van der Waals surface area (Å²) in [5, 5.41) is 0. The normalized spacial score (nSPS) is 17.9. The number of carbonyl (C=O) groups is 2. The van der Waals surface area contributed by atoms with Gasteiger partial charge in [-0.15, -0.1) is 0 Å². The van der Waals surface area contributed by atoms with E-state index in [2.05, 4.69) is 0 Å². The van der Waals surface area contributed by atoms with Crippen LogP contribution in [0.25, 0.3) is 0 Å². The second-order valence-electron chi connectivity index (χ2n) is 2.26. The minimum atomic E-state index is -0.183. The molecule has 0 heterocycles. The van der Waals surface area contributed by atoms with Gasteiger partial charge >= 0.3 is 0 Å². The maximum Gasteiger partial charge on any atom is 0.178 e. The van der Waals surface area contributed by atoms with Crippen LogP contribution in [0.15, 0.2) is 24.3 Å². The number of Topliss-reactive ketones (excluding diaryl/α,β-unsaturated/α-hetero) is 1. The lowest BCUT2D eigenvalue weighted by Crippen LogP contribution is -2.08. The van der Waals surface area contributed by atoms with Gasteiger partial charge in [-0.2, -0.15) is 0 Å². The highest BCUT2D eigenvalue weighted by Gasteiger charge is 2.09. The first-order valence-electron chi connectivity index (χ1n) is 3.11. The minimum Gasteiger partial charge on any atom is -0.299 e. The van der Waals surface area contributed by atoms with Gasteiger partial charge in [0.05, 0.1) is 5.92 Å². The van der Waals surface area contributed by atoms with Crippen LogP contribution >= 0.6 is 0 Å². The fourth-order valence-electron chi connectivity index (χ4n) is 0.788. The Hall–Kier alpha value is -1.18. The van der Waals surface area contributed by atoms with Crippen molar-refractivity contribution in [2.45, 2.75) is 6.92 Å². The summed E-state index contributed by atoms with van der Waals surface area (Å²) in [7, 11) is 0. The zero-order valence-corrected chi connectivity index (χ0v) is 5.70. The SMILES string of the molecule is CC(=O)C1C=CC(=O)C=C1. The molecule has 10 heavy (non-hydrogen) atoms. The Morgan fingerprint density at radius 3 is 2.30 bits per heavy atom. The average molecular weight is 136 g/mol. The van der Waals surface area contributed by atoms with Crippen molar-refractivity contribution in [1.82, 2.24) is 0 Å². The molecule has 1 aliphatic carbocycles. The second kappa shape index (κ2) is 2.60. The van der Waals surface area contributed by atoms with Crippen molar-refractivity contribution in [3.63, 3.8) is 0 Å². The van der Waals surface area contributed by atoms with Crippen LogP contribution in [-0.4, -0.2) is 11.6 Å². The highest BCUT2D eigenvalue weighted by molar-refractivity contribution is 6.02. The van der Waals surface area contributed by atoms with Gasteiger partial charge in [0, 0.05) is 0 Å². The van der Waals surface area contributed by atoms with E-state index in [9.17, 15) is 9.59 Å². The monoisotopic (exact) mass is 136 g/mol. The van der Waals surface area contributed by atoms with Crippen molar-refractivity contribution in [3.8, 4) is 0 Å².